The molecule has 0 bridgehead atoms. The van der Waals surface area contributed by atoms with Gasteiger partial charge in [0.25, 0.3) is 0 Å². The summed E-state index contributed by atoms with van der Waals surface area (Å²) in [4.78, 5) is 1.38. The monoisotopic (exact) mass is 255 g/mol. The van der Waals surface area contributed by atoms with Gasteiger partial charge in [0, 0.05) is 17.5 Å². The molecule has 17 heavy (non-hydrogen) atoms. The van der Waals surface area contributed by atoms with Crippen LogP contribution in [-0.2, 0) is 0 Å². The molecule has 0 aromatic carbocycles. The van der Waals surface area contributed by atoms with E-state index in [4.69, 9.17) is 0 Å². The van der Waals surface area contributed by atoms with Crippen LogP contribution in [0.2, 0.25) is 0 Å². The Labute approximate surface area is 109 Å². The van der Waals surface area contributed by atoms with Gasteiger partial charge in [-0.3, -0.25) is 0 Å². The number of hydrogen-bond acceptors (Lipinski definition) is 3. The molecule has 0 aliphatic carbocycles. The lowest BCUT2D eigenvalue weighted by atomic mass is 9.96. The minimum atomic E-state index is -0.229. The minimum Gasteiger partial charge on any atom is -0.392 e. The van der Waals surface area contributed by atoms with Gasteiger partial charge in [0.15, 0.2) is 0 Å². The fraction of sp³-hybridized carbons (Fsp3) is 0.714. The maximum atomic E-state index is 10.1. The van der Waals surface area contributed by atoms with Crippen LogP contribution in [0.4, 0.5) is 0 Å². The highest BCUT2D eigenvalue weighted by Gasteiger charge is 2.17. The van der Waals surface area contributed by atoms with Crippen molar-refractivity contribution in [2.75, 3.05) is 6.54 Å². The summed E-state index contributed by atoms with van der Waals surface area (Å²) in [6.45, 7) is 9.28. The Kier molecular flexibility index (Phi) is 6.17. The van der Waals surface area contributed by atoms with Gasteiger partial charge in [-0.2, -0.15) is 0 Å². The van der Waals surface area contributed by atoms with Crippen LogP contribution in [0.5, 0.6) is 0 Å². The van der Waals surface area contributed by atoms with Gasteiger partial charge in [-0.1, -0.05) is 26.7 Å². The van der Waals surface area contributed by atoms with E-state index in [-0.39, 0.29) is 6.10 Å². The molecule has 0 saturated heterocycles. The third kappa shape index (κ3) is 4.09. The molecule has 2 N–H and O–H groups in total. The predicted molar refractivity (Wildman–Crippen MR) is 75.6 cm³/mol. The van der Waals surface area contributed by atoms with Gasteiger partial charge in [0.1, 0.15) is 0 Å². The quantitative estimate of drug-likeness (QED) is 0.781. The molecule has 0 spiro atoms. The van der Waals surface area contributed by atoms with E-state index in [1.54, 1.807) is 11.3 Å². The van der Waals surface area contributed by atoms with E-state index >= 15 is 0 Å². The van der Waals surface area contributed by atoms with Crippen molar-refractivity contribution in [3.63, 3.8) is 0 Å². The van der Waals surface area contributed by atoms with Crippen LogP contribution < -0.4 is 5.32 Å². The van der Waals surface area contributed by atoms with E-state index in [0.717, 1.165) is 12.8 Å². The second kappa shape index (κ2) is 7.14. The van der Waals surface area contributed by atoms with Gasteiger partial charge in [-0.25, -0.2) is 0 Å². The van der Waals surface area contributed by atoms with E-state index in [2.05, 4.69) is 44.5 Å². The standard InChI is InChI=1S/C14H25NOS/c1-5-12(6-2)13(16)9-15-11(4)14-10(3)7-8-17-14/h7-8,11-13,15-16H,5-6,9H2,1-4H3. The molecule has 2 nitrogen and oxygen atoms in total. The highest BCUT2D eigenvalue weighted by Crippen LogP contribution is 2.23. The molecular formula is C14H25NOS. The first kappa shape index (κ1) is 14.7. The van der Waals surface area contributed by atoms with E-state index < -0.39 is 0 Å². The van der Waals surface area contributed by atoms with Crippen molar-refractivity contribution in [3.05, 3.63) is 21.9 Å². The predicted octanol–water partition coefficient (Wildman–Crippen LogP) is 3.50. The third-order valence-electron chi connectivity index (χ3n) is 3.52. The first-order chi connectivity index (χ1) is 8.10. The zero-order valence-electron chi connectivity index (χ0n) is 11.4. The SMILES string of the molecule is CCC(CC)C(O)CNC(C)c1sccc1C. The molecule has 1 aromatic heterocycles. The Balaban J connectivity index is 2.43. The first-order valence-electron chi connectivity index (χ1n) is 6.55. The lowest BCUT2D eigenvalue weighted by Crippen LogP contribution is -2.33. The molecule has 1 heterocycles. The first-order valence-corrected chi connectivity index (χ1v) is 7.43. The molecule has 2 atom stereocenters. The van der Waals surface area contributed by atoms with Gasteiger partial charge < -0.3 is 10.4 Å². The number of thiophene rings is 1. The molecule has 0 aliphatic rings. The van der Waals surface area contributed by atoms with Crippen molar-refractivity contribution in [2.24, 2.45) is 5.92 Å². The van der Waals surface area contributed by atoms with Gasteiger partial charge in [0.05, 0.1) is 6.10 Å². The smallest absolute Gasteiger partial charge is 0.0692 e. The number of aryl methyl sites for hydroxylation is 1. The summed E-state index contributed by atoms with van der Waals surface area (Å²) in [6, 6.07) is 2.48. The summed E-state index contributed by atoms with van der Waals surface area (Å²) in [5, 5.41) is 15.6. The highest BCUT2D eigenvalue weighted by atomic mass is 32.1. The van der Waals surface area contributed by atoms with E-state index in [0.29, 0.717) is 18.5 Å². The molecule has 0 radical (unpaired) electrons. The van der Waals surface area contributed by atoms with E-state index in [9.17, 15) is 5.11 Å². The second-order valence-corrected chi connectivity index (χ2v) is 5.69. The minimum absolute atomic E-state index is 0.229. The van der Waals surface area contributed by atoms with E-state index in [1.807, 2.05) is 0 Å². The topological polar surface area (TPSA) is 32.3 Å². The van der Waals surface area contributed by atoms with Crippen molar-refractivity contribution in [1.82, 2.24) is 5.32 Å². The summed E-state index contributed by atoms with van der Waals surface area (Å²) in [6.07, 6.45) is 1.87. The van der Waals surface area contributed by atoms with Crippen LogP contribution >= 0.6 is 11.3 Å². The summed E-state index contributed by atoms with van der Waals surface area (Å²) in [5.74, 6) is 0.416. The van der Waals surface area contributed by atoms with Crippen molar-refractivity contribution >= 4 is 11.3 Å². The summed E-state index contributed by atoms with van der Waals surface area (Å²) in [7, 11) is 0. The van der Waals surface area contributed by atoms with Gasteiger partial charge in [-0.05, 0) is 36.8 Å². The van der Waals surface area contributed by atoms with Crippen LogP contribution in [-0.4, -0.2) is 17.8 Å². The van der Waals surface area contributed by atoms with Gasteiger partial charge in [-0.15, -0.1) is 11.3 Å². The van der Waals surface area contributed by atoms with Crippen molar-refractivity contribution < 1.29 is 5.11 Å². The van der Waals surface area contributed by atoms with Gasteiger partial charge >= 0.3 is 0 Å². The van der Waals surface area contributed by atoms with Crippen molar-refractivity contribution in [2.45, 2.75) is 52.7 Å². The van der Waals surface area contributed by atoms with Crippen LogP contribution in [0.25, 0.3) is 0 Å². The van der Waals surface area contributed by atoms with Crippen LogP contribution in [0.15, 0.2) is 11.4 Å². The van der Waals surface area contributed by atoms with Gasteiger partial charge in [0.2, 0.25) is 0 Å². The van der Waals surface area contributed by atoms with Crippen LogP contribution in [0, 0.1) is 12.8 Å². The Morgan fingerprint density at radius 3 is 2.47 bits per heavy atom. The number of hydrogen-bond donors (Lipinski definition) is 2. The number of aliphatic hydroxyl groups is 1. The molecule has 2 unspecified atom stereocenters. The molecule has 98 valence electrons. The van der Waals surface area contributed by atoms with Crippen LogP contribution in [0.3, 0.4) is 0 Å². The molecule has 0 fully saturated rings. The largest absolute Gasteiger partial charge is 0.392 e. The molecule has 0 saturated carbocycles. The Morgan fingerprint density at radius 1 is 1.35 bits per heavy atom. The fourth-order valence-electron chi connectivity index (χ4n) is 2.22. The zero-order chi connectivity index (χ0) is 12.8. The summed E-state index contributed by atoms with van der Waals surface area (Å²) >= 11 is 1.79. The second-order valence-electron chi connectivity index (χ2n) is 4.74. The molecule has 3 heteroatoms. The summed E-state index contributed by atoms with van der Waals surface area (Å²) < 4.78 is 0. The molecule has 0 aliphatic heterocycles. The Morgan fingerprint density at radius 2 is 2.00 bits per heavy atom. The number of rotatable bonds is 7. The molecular weight excluding hydrogens is 230 g/mol. The third-order valence-corrected chi connectivity index (χ3v) is 4.72. The lowest BCUT2D eigenvalue weighted by molar-refractivity contribution is 0.0990. The lowest BCUT2D eigenvalue weighted by Gasteiger charge is -2.22. The number of nitrogens with one attached hydrogen (secondary N) is 1. The maximum absolute atomic E-state index is 10.1. The molecule has 0 amide bonds. The highest BCUT2D eigenvalue weighted by molar-refractivity contribution is 7.10. The fourth-order valence-corrected chi connectivity index (χ4v) is 3.18. The van der Waals surface area contributed by atoms with Crippen LogP contribution in [0.1, 0.15) is 50.1 Å². The average molecular weight is 255 g/mol. The number of aliphatic hydroxyl groups excluding tert-OH is 1. The maximum Gasteiger partial charge on any atom is 0.0692 e. The van der Waals surface area contributed by atoms with E-state index in [1.165, 1.54) is 10.4 Å². The van der Waals surface area contributed by atoms with Crippen molar-refractivity contribution in [3.8, 4) is 0 Å². The average Bonchev–Trinajstić information content (AvgIpc) is 2.74. The summed E-state index contributed by atoms with van der Waals surface area (Å²) in [5.41, 5.74) is 1.34. The Hall–Kier alpha value is -0.380. The normalized spacial score (nSPS) is 15.2. The Bertz CT molecular complexity index is 320. The molecule has 1 aromatic rings. The zero-order valence-corrected chi connectivity index (χ0v) is 12.2. The van der Waals surface area contributed by atoms with Crippen molar-refractivity contribution in [1.29, 1.82) is 0 Å². The molecule has 1 rings (SSSR count).